The van der Waals surface area contributed by atoms with E-state index in [1.54, 1.807) is 0 Å². The molecule has 10 heteroatoms. The maximum atomic E-state index is 12.2. The molecular weight excluding hydrogens is 316 g/mol. The number of methoxy groups -OCH3 is 1. The Balaban J connectivity index is 2.56. The first-order valence-corrected chi connectivity index (χ1v) is 8.19. The third kappa shape index (κ3) is 3.12. The largest absolute Gasteiger partial charge is 0.394 e. The van der Waals surface area contributed by atoms with Gasteiger partial charge >= 0.3 is 4.87 Å². The van der Waals surface area contributed by atoms with E-state index in [1.807, 2.05) is 6.26 Å². The van der Waals surface area contributed by atoms with Crippen LogP contribution < -0.4 is 16.2 Å². The summed E-state index contributed by atoms with van der Waals surface area (Å²) in [6, 6.07) is 0. The zero-order chi connectivity index (χ0) is 15.6. The molecular formula is C11H16N4O4S2. The summed E-state index contributed by atoms with van der Waals surface area (Å²) in [4.78, 5) is 30.2. The van der Waals surface area contributed by atoms with Gasteiger partial charge in [0.05, 0.1) is 18.1 Å². The summed E-state index contributed by atoms with van der Waals surface area (Å²) in [5.74, 6) is -0.0376. The highest BCUT2D eigenvalue weighted by Crippen LogP contribution is 2.28. The average Bonchev–Trinajstić information content (AvgIpc) is 2.78. The van der Waals surface area contributed by atoms with Gasteiger partial charge in [0, 0.05) is 13.5 Å². The van der Waals surface area contributed by atoms with E-state index >= 15 is 0 Å². The molecule has 4 N–H and O–H groups in total. The minimum absolute atomic E-state index is 0.0376. The molecule has 0 saturated carbocycles. The molecule has 0 spiro atoms. The Hall–Kier alpha value is -1.36. The number of aliphatic hydroxyl groups excluding tert-OH is 1. The Morgan fingerprint density at radius 1 is 1.57 bits per heavy atom. The van der Waals surface area contributed by atoms with Crippen LogP contribution in [0.3, 0.4) is 0 Å². The summed E-state index contributed by atoms with van der Waals surface area (Å²) in [6.45, 7) is -0.152. The minimum atomic E-state index is -0.427. The van der Waals surface area contributed by atoms with E-state index in [0.29, 0.717) is 6.42 Å². The van der Waals surface area contributed by atoms with Gasteiger partial charge in [-0.05, 0) is 6.26 Å². The molecule has 0 bridgehead atoms. The fraction of sp³-hybridized carbons (Fsp3) is 0.545. The van der Waals surface area contributed by atoms with Crippen molar-refractivity contribution in [2.45, 2.75) is 17.9 Å². The first kappa shape index (κ1) is 16.0. The van der Waals surface area contributed by atoms with Gasteiger partial charge in [-0.1, -0.05) is 11.3 Å². The van der Waals surface area contributed by atoms with Crippen molar-refractivity contribution in [3.8, 4) is 0 Å². The lowest BCUT2D eigenvalue weighted by Crippen LogP contribution is -2.25. The van der Waals surface area contributed by atoms with E-state index in [-0.39, 0.29) is 33.1 Å². The third-order valence-electron chi connectivity index (χ3n) is 3.05. The summed E-state index contributed by atoms with van der Waals surface area (Å²) in [6.07, 6.45) is 1.85. The molecule has 0 fully saturated rings. The first-order valence-electron chi connectivity index (χ1n) is 6.09. The number of aromatic amines is 1. The third-order valence-corrected chi connectivity index (χ3v) is 4.94. The Morgan fingerprint density at radius 3 is 2.86 bits per heavy atom. The number of hydrogen-bond acceptors (Lipinski definition) is 8. The quantitative estimate of drug-likeness (QED) is 0.679. The monoisotopic (exact) mass is 332 g/mol. The number of nitrogens with one attached hydrogen (secondary N) is 1. The number of thiazole rings is 1. The van der Waals surface area contributed by atoms with Crippen LogP contribution in [0, 0.1) is 0 Å². The van der Waals surface area contributed by atoms with Gasteiger partial charge < -0.3 is 15.6 Å². The van der Waals surface area contributed by atoms with Gasteiger partial charge in [0.15, 0.2) is 5.65 Å². The van der Waals surface area contributed by atoms with Crippen molar-refractivity contribution in [2.75, 3.05) is 25.7 Å². The van der Waals surface area contributed by atoms with E-state index in [4.69, 9.17) is 10.5 Å². The second kappa shape index (κ2) is 6.60. The number of hydrogen-bond donors (Lipinski definition) is 3. The molecule has 0 saturated heterocycles. The smallest absolute Gasteiger partial charge is 0.310 e. The average molecular weight is 332 g/mol. The second-order valence-corrected chi connectivity index (χ2v) is 6.29. The van der Waals surface area contributed by atoms with Crippen molar-refractivity contribution < 1.29 is 9.84 Å². The molecule has 8 nitrogen and oxygen atoms in total. The number of anilines is 1. The molecule has 2 aromatic heterocycles. The molecule has 0 aliphatic carbocycles. The number of aromatic nitrogens is 3. The molecule has 2 heterocycles. The molecule has 0 aliphatic rings. The van der Waals surface area contributed by atoms with E-state index in [9.17, 15) is 14.7 Å². The zero-order valence-corrected chi connectivity index (χ0v) is 13.2. The van der Waals surface area contributed by atoms with Gasteiger partial charge in [-0.25, -0.2) is 0 Å². The first-order chi connectivity index (χ1) is 10.0. The van der Waals surface area contributed by atoms with E-state index in [2.05, 4.69) is 9.97 Å². The Bertz CT molecular complexity index is 734. The summed E-state index contributed by atoms with van der Waals surface area (Å²) in [5.41, 5.74) is 5.38. The highest BCUT2D eigenvalue weighted by atomic mass is 32.2. The van der Waals surface area contributed by atoms with Crippen LogP contribution in [0.25, 0.3) is 10.3 Å². The Labute approximate surface area is 128 Å². The number of nitrogens with zero attached hydrogens (tertiary/aromatic N) is 2. The van der Waals surface area contributed by atoms with Crippen molar-refractivity contribution >= 4 is 39.4 Å². The van der Waals surface area contributed by atoms with Crippen LogP contribution in [0.2, 0.25) is 0 Å². The van der Waals surface area contributed by atoms with Crippen LogP contribution in [-0.4, -0.2) is 45.7 Å². The molecule has 0 aliphatic heterocycles. The fourth-order valence-corrected chi connectivity index (χ4v) is 3.72. The lowest BCUT2D eigenvalue weighted by Gasteiger charge is -2.20. The highest BCUT2D eigenvalue weighted by molar-refractivity contribution is 7.98. The number of aliphatic hydroxyl groups is 1. The highest BCUT2D eigenvalue weighted by Gasteiger charge is 2.23. The predicted octanol–water partition coefficient (Wildman–Crippen LogP) is -0.0125. The van der Waals surface area contributed by atoms with Gasteiger partial charge in [0.25, 0.3) is 5.56 Å². The lowest BCUT2D eigenvalue weighted by atomic mass is 10.2. The van der Waals surface area contributed by atoms with Gasteiger partial charge in [0.1, 0.15) is 4.70 Å². The van der Waals surface area contributed by atoms with E-state index < -0.39 is 11.7 Å². The normalized spacial score (nSPS) is 14.4. The number of nitrogens with two attached hydrogens (primary N) is 1. The van der Waals surface area contributed by atoms with Crippen LogP contribution in [0.4, 0.5) is 5.95 Å². The molecule has 2 aromatic rings. The van der Waals surface area contributed by atoms with E-state index in [0.717, 1.165) is 11.3 Å². The SMILES string of the molecule is CO[C@H](CO)C[C@@H](SC)n1c(=O)sc2c(=O)[nH]c(N)nc21. The summed E-state index contributed by atoms with van der Waals surface area (Å²) in [7, 11) is 1.49. The number of nitrogen functional groups attached to an aromatic ring is 1. The molecule has 21 heavy (non-hydrogen) atoms. The summed E-state index contributed by atoms with van der Waals surface area (Å²) in [5, 5.41) is 8.92. The molecule has 2 atom stereocenters. The van der Waals surface area contributed by atoms with Crippen LogP contribution >= 0.6 is 23.1 Å². The van der Waals surface area contributed by atoms with Crippen LogP contribution in [-0.2, 0) is 4.74 Å². The minimum Gasteiger partial charge on any atom is -0.394 e. The molecule has 0 amide bonds. The second-order valence-electron chi connectivity index (χ2n) is 4.31. The lowest BCUT2D eigenvalue weighted by molar-refractivity contribution is 0.0398. The maximum Gasteiger partial charge on any atom is 0.310 e. The number of thioether (sulfide) groups is 1. The van der Waals surface area contributed by atoms with Crippen LogP contribution in [0.5, 0.6) is 0 Å². The number of rotatable bonds is 6. The number of fused-ring (bicyclic) bond motifs is 1. The van der Waals surface area contributed by atoms with E-state index in [1.165, 1.54) is 23.4 Å². The van der Waals surface area contributed by atoms with Gasteiger partial charge in [-0.15, -0.1) is 11.8 Å². The van der Waals surface area contributed by atoms with Crippen LogP contribution in [0.1, 0.15) is 11.8 Å². The molecule has 116 valence electrons. The van der Waals surface area contributed by atoms with Crippen molar-refractivity contribution in [1.82, 2.24) is 14.5 Å². The molecule has 0 unspecified atom stereocenters. The summed E-state index contributed by atoms with van der Waals surface area (Å²) < 4.78 is 6.81. The van der Waals surface area contributed by atoms with Crippen LogP contribution in [0.15, 0.2) is 9.59 Å². The molecule has 0 radical (unpaired) electrons. The maximum absolute atomic E-state index is 12.2. The Morgan fingerprint density at radius 2 is 2.29 bits per heavy atom. The van der Waals surface area contributed by atoms with Crippen molar-refractivity contribution in [3.63, 3.8) is 0 Å². The molecule has 2 rings (SSSR count). The van der Waals surface area contributed by atoms with Gasteiger partial charge in [0.2, 0.25) is 5.95 Å². The molecule has 0 aromatic carbocycles. The summed E-state index contributed by atoms with van der Waals surface area (Å²) >= 11 is 2.24. The number of ether oxygens (including phenoxy) is 1. The topological polar surface area (TPSA) is 123 Å². The van der Waals surface area contributed by atoms with Crippen molar-refractivity contribution in [2.24, 2.45) is 0 Å². The zero-order valence-electron chi connectivity index (χ0n) is 11.5. The van der Waals surface area contributed by atoms with Gasteiger partial charge in [-0.3, -0.25) is 19.1 Å². The fourth-order valence-electron chi connectivity index (χ4n) is 1.98. The van der Waals surface area contributed by atoms with Crippen molar-refractivity contribution in [1.29, 1.82) is 0 Å². The Kier molecular flexibility index (Phi) is 5.04. The number of H-pyrrole nitrogens is 1. The van der Waals surface area contributed by atoms with Gasteiger partial charge in [-0.2, -0.15) is 4.98 Å². The standard InChI is InChI=1S/C11H16N4O4S2/c1-19-5(4-16)3-6(20-2)15-8-7(21-11(15)18)9(17)14-10(12)13-8/h5-6,16H,3-4H2,1-2H3,(H3,12,13,14,17)/t5-,6+/m0/s1. The predicted molar refractivity (Wildman–Crippen MR) is 84.0 cm³/mol. The van der Waals surface area contributed by atoms with Crippen molar-refractivity contribution in [3.05, 3.63) is 20.0 Å².